The van der Waals surface area contributed by atoms with E-state index in [1.165, 1.54) is 6.42 Å². The second-order valence-electron chi connectivity index (χ2n) is 1.97. The molecule has 0 aromatic carbocycles. The molecule has 0 aliphatic carbocycles. The Balaban J connectivity index is 2.83. The van der Waals surface area contributed by atoms with Gasteiger partial charge in [-0.15, -0.1) is 0 Å². The molecule has 0 heterocycles. The van der Waals surface area contributed by atoms with Gasteiger partial charge in [0.25, 0.3) is 0 Å². The zero-order chi connectivity index (χ0) is 5.70. The maximum atomic E-state index is 5.17. The lowest BCUT2D eigenvalue weighted by Crippen LogP contribution is -2.00. The smallest absolute Gasteiger partial charge is 0.407 e. The van der Waals surface area contributed by atoms with Gasteiger partial charge in [-0.1, -0.05) is 25.0 Å². The molecule has 1 nitrogen and oxygen atoms in total. The Morgan fingerprint density at radius 2 is 2.43 bits per heavy atom. The van der Waals surface area contributed by atoms with E-state index in [-0.39, 0.29) is 15.6 Å². The molecule has 0 amide bonds. The van der Waals surface area contributed by atoms with Crippen LogP contribution >= 0.6 is 0 Å². The predicted molar refractivity (Wildman–Crippen MR) is 36.5 cm³/mol. The molecular formula is C4H12Al2O. The van der Waals surface area contributed by atoms with E-state index in [0.29, 0.717) is 0 Å². The summed E-state index contributed by atoms with van der Waals surface area (Å²) >= 11 is 0.861. The molecular weight excluding hydrogens is 118 g/mol. The molecule has 3 heteroatoms. The van der Waals surface area contributed by atoms with Gasteiger partial charge in [-0.25, -0.2) is 0 Å². The highest BCUT2D eigenvalue weighted by atomic mass is 27.2. The molecule has 1 atom stereocenters. The first-order chi connectivity index (χ1) is 3.31. The first-order valence-corrected chi connectivity index (χ1v) is 5.01. The van der Waals surface area contributed by atoms with Crippen molar-refractivity contribution in [2.75, 3.05) is 0 Å². The Kier molecular flexibility index (Phi) is 5.92. The zero-order valence-electron chi connectivity index (χ0n) is 5.40. The lowest BCUT2D eigenvalue weighted by atomic mass is 10.4. The molecule has 0 radical (unpaired) electrons. The lowest BCUT2D eigenvalue weighted by Gasteiger charge is -2.01. The maximum Gasteiger partial charge on any atom is 0.407 e. The average molecular weight is 130 g/mol. The molecule has 0 fully saturated rings. The topological polar surface area (TPSA) is 9.23 Å². The van der Waals surface area contributed by atoms with Gasteiger partial charge >= 0.3 is 32.2 Å². The predicted octanol–water partition coefficient (Wildman–Crippen LogP) is 0.121. The highest BCUT2D eigenvalue weighted by Crippen LogP contribution is 2.03. The molecule has 7 heavy (non-hydrogen) atoms. The van der Waals surface area contributed by atoms with E-state index in [0.717, 1.165) is 21.4 Å². The van der Waals surface area contributed by atoms with Gasteiger partial charge in [-0.3, -0.25) is 0 Å². The van der Waals surface area contributed by atoms with Gasteiger partial charge in [0.1, 0.15) is 0 Å². The Labute approximate surface area is 60.2 Å². The van der Waals surface area contributed by atoms with E-state index in [2.05, 4.69) is 13.8 Å². The summed E-state index contributed by atoms with van der Waals surface area (Å²) in [5.41, 5.74) is 0. The SMILES string of the molecule is CC[CH](C)[AlH][O][AlH2]. The van der Waals surface area contributed by atoms with E-state index >= 15 is 0 Å². The van der Waals surface area contributed by atoms with Crippen LogP contribution in [0.5, 0.6) is 0 Å². The number of rotatable bonds is 3. The van der Waals surface area contributed by atoms with Crippen LogP contribution in [0, 0.1) is 0 Å². The minimum Gasteiger partial charge on any atom is -0.644 e. The number of hydrogen-bond donors (Lipinski definition) is 0. The van der Waals surface area contributed by atoms with E-state index in [1.54, 1.807) is 0 Å². The standard InChI is InChI=1S/C4H9.2Al.O.3H/c1-3-4-2;;;;;;/h3H,4H2,1-2H3;;;;;;. The van der Waals surface area contributed by atoms with Crippen LogP contribution in [0.1, 0.15) is 20.3 Å². The molecule has 0 aliphatic heterocycles. The summed E-state index contributed by atoms with van der Waals surface area (Å²) in [6.45, 7) is 4.49. The number of hydrogen-bond acceptors (Lipinski definition) is 1. The van der Waals surface area contributed by atoms with Gasteiger partial charge in [0.2, 0.25) is 0 Å². The molecule has 0 saturated carbocycles. The zero-order valence-corrected chi connectivity index (χ0v) is 8.81. The van der Waals surface area contributed by atoms with Gasteiger partial charge in [-0.05, 0) is 0 Å². The van der Waals surface area contributed by atoms with Gasteiger partial charge in [0.05, 0.1) is 0 Å². The monoisotopic (exact) mass is 130 g/mol. The van der Waals surface area contributed by atoms with Crippen LogP contribution in [0.2, 0.25) is 4.78 Å². The minimum atomic E-state index is -0.0922. The maximum absolute atomic E-state index is 5.17. The van der Waals surface area contributed by atoms with Crippen LogP contribution in [0.15, 0.2) is 0 Å². The summed E-state index contributed by atoms with van der Waals surface area (Å²) in [4.78, 5) is 0. The van der Waals surface area contributed by atoms with Crippen LogP contribution in [0.25, 0.3) is 0 Å². The summed E-state index contributed by atoms with van der Waals surface area (Å²) in [5.74, 6) is 0. The van der Waals surface area contributed by atoms with Crippen LogP contribution in [-0.2, 0) is 2.84 Å². The first-order valence-electron chi connectivity index (χ1n) is 2.80. The van der Waals surface area contributed by atoms with E-state index in [1.807, 2.05) is 0 Å². The van der Waals surface area contributed by atoms with E-state index in [4.69, 9.17) is 2.84 Å². The second-order valence-corrected chi connectivity index (χ2v) is 6.01. The quantitative estimate of drug-likeness (QED) is 0.493. The van der Waals surface area contributed by atoms with Crippen LogP contribution in [0.3, 0.4) is 0 Å². The van der Waals surface area contributed by atoms with Crippen molar-refractivity contribution in [3.63, 3.8) is 0 Å². The Morgan fingerprint density at radius 3 is 2.57 bits per heavy atom. The third-order valence-corrected chi connectivity index (χ3v) is 3.63. The summed E-state index contributed by atoms with van der Waals surface area (Å²) in [6.07, 6.45) is 1.30. The summed E-state index contributed by atoms with van der Waals surface area (Å²) < 4.78 is 6.07. The normalized spacial score (nSPS) is 13.4. The van der Waals surface area contributed by atoms with Gasteiger partial charge in [0.15, 0.2) is 0 Å². The van der Waals surface area contributed by atoms with Crippen LogP contribution in [-0.4, -0.2) is 32.2 Å². The van der Waals surface area contributed by atoms with Gasteiger partial charge < -0.3 is 2.84 Å². The molecule has 40 valence electrons. The van der Waals surface area contributed by atoms with Gasteiger partial charge in [0, 0.05) is 0 Å². The fourth-order valence-corrected chi connectivity index (χ4v) is 2.91. The molecule has 0 aromatic rings. The largest absolute Gasteiger partial charge is 0.644 e. The molecule has 0 N–H and O–H groups in total. The highest BCUT2D eigenvalue weighted by Gasteiger charge is 1.99. The van der Waals surface area contributed by atoms with Crippen LogP contribution in [0.4, 0.5) is 0 Å². The van der Waals surface area contributed by atoms with Crippen molar-refractivity contribution in [3.8, 4) is 0 Å². The fourth-order valence-electron chi connectivity index (χ4n) is 0.402. The van der Waals surface area contributed by atoms with E-state index in [9.17, 15) is 0 Å². The molecule has 0 spiro atoms. The van der Waals surface area contributed by atoms with Crippen LogP contribution < -0.4 is 0 Å². The molecule has 0 aromatic heterocycles. The fraction of sp³-hybridized carbons (Fsp3) is 1.00. The minimum absolute atomic E-state index is 0.0922. The summed E-state index contributed by atoms with van der Waals surface area (Å²) in [6, 6.07) is 0. The molecule has 0 rings (SSSR count). The van der Waals surface area contributed by atoms with Crippen molar-refractivity contribution in [2.45, 2.75) is 25.0 Å². The lowest BCUT2D eigenvalue weighted by molar-refractivity contribution is 0.630. The average Bonchev–Trinajstić information content (AvgIpc) is 1.68. The second kappa shape index (κ2) is 5.17. The third kappa shape index (κ3) is 4.89. The molecule has 0 bridgehead atoms. The molecule has 0 aliphatic rings. The molecule has 1 unspecified atom stereocenters. The molecule has 0 saturated heterocycles. The van der Waals surface area contributed by atoms with Crippen molar-refractivity contribution in [1.82, 2.24) is 0 Å². The Hall–Kier alpha value is 1.02. The van der Waals surface area contributed by atoms with Crippen molar-refractivity contribution in [2.24, 2.45) is 0 Å². The van der Waals surface area contributed by atoms with E-state index < -0.39 is 0 Å². The van der Waals surface area contributed by atoms with Crippen molar-refractivity contribution >= 4 is 32.2 Å². The Morgan fingerprint density at radius 1 is 1.86 bits per heavy atom. The Bertz CT molecular complexity index is 40.7. The first kappa shape index (κ1) is 8.02. The van der Waals surface area contributed by atoms with Crippen molar-refractivity contribution < 1.29 is 2.84 Å². The summed E-state index contributed by atoms with van der Waals surface area (Å²) in [7, 11) is 0. The summed E-state index contributed by atoms with van der Waals surface area (Å²) in [5, 5.41) is 0. The van der Waals surface area contributed by atoms with Crippen molar-refractivity contribution in [1.29, 1.82) is 0 Å². The third-order valence-electron chi connectivity index (χ3n) is 1.15. The highest BCUT2D eigenvalue weighted by molar-refractivity contribution is 6.35. The van der Waals surface area contributed by atoms with Crippen molar-refractivity contribution in [3.05, 3.63) is 0 Å². The van der Waals surface area contributed by atoms with Gasteiger partial charge in [-0.2, -0.15) is 0 Å².